The molecule has 1 aromatic carbocycles. The van der Waals surface area contributed by atoms with E-state index in [4.69, 9.17) is 26.5 Å². The molecule has 1 saturated heterocycles. The molecular formula is C23H26ClFN6O4. The zero-order valence-electron chi connectivity index (χ0n) is 19.1. The number of hydrogen-bond donors (Lipinski definition) is 3. The van der Waals surface area contributed by atoms with Crippen LogP contribution in [0.4, 0.5) is 10.2 Å². The van der Waals surface area contributed by atoms with E-state index in [9.17, 15) is 14.0 Å². The molecular weight excluding hydrogens is 479 g/mol. The highest BCUT2D eigenvalue weighted by Crippen LogP contribution is 2.26. The average molecular weight is 505 g/mol. The van der Waals surface area contributed by atoms with E-state index in [1.165, 1.54) is 6.07 Å². The smallest absolute Gasteiger partial charge is 0.339 e. The molecule has 0 saturated carbocycles. The highest BCUT2D eigenvalue weighted by molar-refractivity contribution is 6.29. The van der Waals surface area contributed by atoms with Crippen LogP contribution >= 0.6 is 11.6 Å². The molecule has 2 aromatic heterocycles. The molecule has 0 unspecified atom stereocenters. The standard InChI is InChI=1S/C23H26ClFN6O4/c1-30(9-8-27-21(32)13-35-18-6-5-14(25)10-15(18)23(33)34)22-12-19(24)28-20-11-17(29-31(20)22)16-4-2-3-7-26-16/h5-6,10-12,16,26H,2-4,7-9,13H2,1H3,(H,27,32)(H,33,34)/t16-/m0/s1. The third kappa shape index (κ3) is 5.98. The Labute approximate surface area is 206 Å². The first-order valence-corrected chi connectivity index (χ1v) is 11.6. The second kappa shape index (κ2) is 10.9. The van der Waals surface area contributed by atoms with Gasteiger partial charge >= 0.3 is 5.97 Å². The molecule has 1 amide bonds. The van der Waals surface area contributed by atoms with Gasteiger partial charge in [-0.15, -0.1) is 0 Å². The number of fused-ring (bicyclic) bond motifs is 1. The van der Waals surface area contributed by atoms with Crippen LogP contribution in [0.2, 0.25) is 5.15 Å². The third-order valence-corrected chi connectivity index (χ3v) is 5.95. The maximum Gasteiger partial charge on any atom is 0.339 e. The van der Waals surface area contributed by atoms with Gasteiger partial charge in [-0.2, -0.15) is 9.61 Å². The van der Waals surface area contributed by atoms with Crippen molar-refractivity contribution >= 4 is 34.9 Å². The molecule has 0 radical (unpaired) electrons. The van der Waals surface area contributed by atoms with Crippen molar-refractivity contribution in [3.63, 3.8) is 0 Å². The summed E-state index contributed by atoms with van der Waals surface area (Å²) in [4.78, 5) is 29.7. The Morgan fingerprint density at radius 1 is 1.34 bits per heavy atom. The van der Waals surface area contributed by atoms with Gasteiger partial charge in [0.25, 0.3) is 5.91 Å². The fourth-order valence-corrected chi connectivity index (χ4v) is 4.14. The van der Waals surface area contributed by atoms with Gasteiger partial charge in [0.15, 0.2) is 12.3 Å². The van der Waals surface area contributed by atoms with E-state index in [1.807, 2.05) is 18.0 Å². The summed E-state index contributed by atoms with van der Waals surface area (Å²) >= 11 is 6.25. The molecule has 0 aliphatic carbocycles. The Morgan fingerprint density at radius 2 is 2.17 bits per heavy atom. The van der Waals surface area contributed by atoms with Crippen LogP contribution in [-0.2, 0) is 4.79 Å². The van der Waals surface area contributed by atoms with Crippen LogP contribution in [0.25, 0.3) is 5.65 Å². The summed E-state index contributed by atoms with van der Waals surface area (Å²) in [5.74, 6) is -1.84. The number of carboxylic acids is 1. The van der Waals surface area contributed by atoms with Crippen molar-refractivity contribution in [1.82, 2.24) is 25.2 Å². The highest BCUT2D eigenvalue weighted by Gasteiger charge is 2.20. The SMILES string of the molecule is CN(CCNC(=O)COc1ccc(F)cc1C(=O)O)c1cc(Cl)nc2cc([C@@H]3CCCCN3)nn12. The summed E-state index contributed by atoms with van der Waals surface area (Å²) in [5.41, 5.74) is 1.21. The molecule has 4 rings (SSSR count). The van der Waals surface area contributed by atoms with Crippen molar-refractivity contribution < 1.29 is 23.8 Å². The molecule has 3 aromatic rings. The van der Waals surface area contributed by atoms with Crippen LogP contribution in [0.3, 0.4) is 0 Å². The monoisotopic (exact) mass is 504 g/mol. The first kappa shape index (κ1) is 24.7. The van der Waals surface area contributed by atoms with Crippen molar-refractivity contribution in [2.24, 2.45) is 0 Å². The molecule has 1 atom stereocenters. The number of nitrogens with zero attached hydrogens (tertiary/aromatic N) is 4. The number of anilines is 1. The van der Waals surface area contributed by atoms with Crippen molar-refractivity contribution in [1.29, 1.82) is 0 Å². The van der Waals surface area contributed by atoms with E-state index in [2.05, 4.69) is 15.6 Å². The number of aromatic nitrogens is 3. The number of carbonyl (C=O) groups excluding carboxylic acids is 1. The zero-order chi connectivity index (χ0) is 24.9. The Balaban J connectivity index is 1.35. The number of carbonyl (C=O) groups is 2. The van der Waals surface area contributed by atoms with Gasteiger partial charge in [0.2, 0.25) is 0 Å². The maximum absolute atomic E-state index is 13.3. The number of carboxylic acid groups (broad SMARTS) is 1. The molecule has 1 aliphatic heterocycles. The lowest BCUT2D eigenvalue weighted by molar-refractivity contribution is -0.123. The van der Waals surface area contributed by atoms with E-state index in [0.717, 1.165) is 49.5 Å². The van der Waals surface area contributed by atoms with Crippen LogP contribution in [0, 0.1) is 5.82 Å². The molecule has 0 bridgehead atoms. The van der Waals surface area contributed by atoms with E-state index in [-0.39, 0.29) is 23.9 Å². The Morgan fingerprint density at radius 3 is 2.91 bits per heavy atom. The average Bonchev–Trinajstić information content (AvgIpc) is 3.27. The number of rotatable bonds is 9. The van der Waals surface area contributed by atoms with Gasteiger partial charge in [0.1, 0.15) is 28.1 Å². The maximum atomic E-state index is 13.3. The minimum Gasteiger partial charge on any atom is -0.483 e. The summed E-state index contributed by atoms with van der Waals surface area (Å²) in [6.45, 7) is 1.28. The second-order valence-corrected chi connectivity index (χ2v) is 8.67. The molecule has 186 valence electrons. The number of piperidine rings is 1. The van der Waals surface area contributed by atoms with Crippen LogP contribution in [0.15, 0.2) is 30.3 Å². The second-order valence-electron chi connectivity index (χ2n) is 8.28. The Kier molecular flexibility index (Phi) is 7.67. The zero-order valence-corrected chi connectivity index (χ0v) is 19.9. The van der Waals surface area contributed by atoms with Gasteiger partial charge in [-0.05, 0) is 37.6 Å². The normalized spacial score (nSPS) is 15.7. The van der Waals surface area contributed by atoms with Crippen molar-refractivity contribution in [3.05, 3.63) is 52.6 Å². The fourth-order valence-electron chi connectivity index (χ4n) is 3.96. The van der Waals surface area contributed by atoms with Crippen molar-refractivity contribution in [2.75, 3.05) is 38.2 Å². The summed E-state index contributed by atoms with van der Waals surface area (Å²) in [5, 5.41) is 20.4. The minimum atomic E-state index is -1.34. The largest absolute Gasteiger partial charge is 0.483 e. The van der Waals surface area contributed by atoms with E-state index >= 15 is 0 Å². The van der Waals surface area contributed by atoms with Gasteiger partial charge in [-0.1, -0.05) is 18.0 Å². The summed E-state index contributed by atoms with van der Waals surface area (Å²) in [6.07, 6.45) is 3.32. The lowest BCUT2D eigenvalue weighted by Crippen LogP contribution is -2.36. The van der Waals surface area contributed by atoms with Crippen LogP contribution in [0.5, 0.6) is 5.75 Å². The quantitative estimate of drug-likeness (QED) is 0.380. The van der Waals surface area contributed by atoms with Gasteiger partial charge in [0, 0.05) is 32.3 Å². The van der Waals surface area contributed by atoms with Crippen molar-refractivity contribution in [3.8, 4) is 5.75 Å². The number of aromatic carboxylic acids is 1. The number of halogens is 2. The first-order chi connectivity index (χ1) is 16.8. The minimum absolute atomic E-state index is 0.0815. The number of amides is 1. The molecule has 3 N–H and O–H groups in total. The molecule has 1 fully saturated rings. The van der Waals surface area contributed by atoms with Gasteiger partial charge in [-0.25, -0.2) is 14.2 Å². The van der Waals surface area contributed by atoms with Gasteiger partial charge in [-0.3, -0.25) is 4.79 Å². The summed E-state index contributed by atoms with van der Waals surface area (Å²) in [6, 6.07) is 6.93. The third-order valence-electron chi connectivity index (χ3n) is 5.75. The predicted molar refractivity (Wildman–Crippen MR) is 128 cm³/mol. The van der Waals surface area contributed by atoms with Crippen LogP contribution in [0.1, 0.15) is 41.4 Å². The molecule has 10 nitrogen and oxygen atoms in total. The molecule has 12 heteroatoms. The summed E-state index contributed by atoms with van der Waals surface area (Å²) in [7, 11) is 1.85. The molecule has 0 spiro atoms. The number of benzene rings is 1. The first-order valence-electron chi connectivity index (χ1n) is 11.2. The highest BCUT2D eigenvalue weighted by atomic mass is 35.5. The van der Waals surface area contributed by atoms with E-state index in [0.29, 0.717) is 17.3 Å². The van der Waals surface area contributed by atoms with Crippen molar-refractivity contribution in [2.45, 2.75) is 25.3 Å². The van der Waals surface area contributed by atoms with E-state index < -0.39 is 24.3 Å². The van der Waals surface area contributed by atoms with Gasteiger partial charge < -0.3 is 25.4 Å². The lowest BCUT2D eigenvalue weighted by atomic mass is 10.0. The topological polar surface area (TPSA) is 121 Å². The molecule has 1 aliphatic rings. The lowest BCUT2D eigenvalue weighted by Gasteiger charge is -2.22. The molecule has 35 heavy (non-hydrogen) atoms. The predicted octanol–water partition coefficient (Wildman–Crippen LogP) is 2.67. The van der Waals surface area contributed by atoms with E-state index in [1.54, 1.807) is 10.6 Å². The molecule has 3 heterocycles. The fraction of sp³-hybridized carbons (Fsp3) is 0.391. The number of likely N-dealkylation sites (N-methyl/N-ethyl adjacent to an activating group) is 1. The van der Waals surface area contributed by atoms with Gasteiger partial charge in [0.05, 0.1) is 11.7 Å². The Bertz CT molecular complexity index is 1230. The summed E-state index contributed by atoms with van der Waals surface area (Å²) < 4.78 is 20.3. The van der Waals surface area contributed by atoms with Crippen LogP contribution in [-0.4, -0.2) is 64.9 Å². The van der Waals surface area contributed by atoms with Crippen LogP contribution < -0.4 is 20.3 Å². The Hall–Kier alpha value is -3.44. The number of hydrogen-bond acceptors (Lipinski definition) is 7. The number of nitrogens with one attached hydrogen (secondary N) is 2. The number of ether oxygens (including phenoxy) is 1.